The molecule has 1 amide bonds. The second kappa shape index (κ2) is 5.96. The van der Waals surface area contributed by atoms with E-state index < -0.39 is 0 Å². The summed E-state index contributed by atoms with van der Waals surface area (Å²) < 4.78 is 0. The summed E-state index contributed by atoms with van der Waals surface area (Å²) in [5.74, 6) is 0.0861. The predicted octanol–water partition coefficient (Wildman–Crippen LogP) is 2.64. The summed E-state index contributed by atoms with van der Waals surface area (Å²) in [6.07, 6.45) is 5.17. The number of fused-ring (bicyclic) bond motifs is 2. The number of anilines is 1. The molecule has 4 rings (SSSR count). The van der Waals surface area contributed by atoms with Crippen molar-refractivity contribution in [1.82, 2.24) is 10.3 Å². The van der Waals surface area contributed by atoms with E-state index in [0.29, 0.717) is 6.54 Å². The molecule has 1 atom stereocenters. The van der Waals surface area contributed by atoms with Crippen LogP contribution in [0.5, 0.6) is 0 Å². The maximum absolute atomic E-state index is 12.3. The van der Waals surface area contributed by atoms with Crippen LogP contribution in [0.25, 0.3) is 0 Å². The maximum Gasteiger partial charge on any atom is 0.242 e. The Bertz CT molecular complexity index is 731. The predicted molar refractivity (Wildman–Crippen MR) is 93.1 cm³/mol. The van der Waals surface area contributed by atoms with Crippen LogP contribution in [-0.2, 0) is 30.5 Å². The molecule has 0 saturated heterocycles. The number of nitrogens with zero attached hydrogens (tertiary/aromatic N) is 1. The molecule has 1 aliphatic heterocycles. The second-order valence-electron chi connectivity index (χ2n) is 6.43. The largest absolute Gasteiger partial charge is 0.373 e. The smallest absolute Gasteiger partial charge is 0.242 e. The highest BCUT2D eigenvalue weighted by atomic mass is 32.1. The van der Waals surface area contributed by atoms with Crippen molar-refractivity contribution in [2.45, 2.75) is 45.1 Å². The van der Waals surface area contributed by atoms with Gasteiger partial charge in [0.25, 0.3) is 0 Å². The van der Waals surface area contributed by atoms with Gasteiger partial charge in [-0.3, -0.25) is 4.79 Å². The molecule has 1 aliphatic carbocycles. The first-order valence-electron chi connectivity index (χ1n) is 8.30. The van der Waals surface area contributed by atoms with Crippen molar-refractivity contribution in [3.8, 4) is 0 Å². The van der Waals surface area contributed by atoms with Crippen LogP contribution in [0.1, 0.15) is 33.1 Å². The van der Waals surface area contributed by atoms with Gasteiger partial charge in [-0.05, 0) is 37.8 Å². The van der Waals surface area contributed by atoms with E-state index in [-0.39, 0.29) is 11.9 Å². The Morgan fingerprint density at radius 3 is 3.22 bits per heavy atom. The summed E-state index contributed by atoms with van der Waals surface area (Å²) in [7, 11) is 0. The first kappa shape index (κ1) is 14.7. The lowest BCUT2D eigenvalue weighted by Gasteiger charge is -2.11. The molecule has 4 nitrogen and oxygen atoms in total. The SMILES string of the molecule is Cc1ccc2c(c1)CC(C(=O)NCCc1nc3c(s1)CCC3)N2. The van der Waals surface area contributed by atoms with Gasteiger partial charge in [0.2, 0.25) is 5.91 Å². The van der Waals surface area contributed by atoms with Gasteiger partial charge < -0.3 is 10.6 Å². The summed E-state index contributed by atoms with van der Waals surface area (Å²) in [5, 5.41) is 7.53. The van der Waals surface area contributed by atoms with Crippen LogP contribution in [0.4, 0.5) is 5.69 Å². The molecule has 1 unspecified atom stereocenters. The lowest BCUT2D eigenvalue weighted by Crippen LogP contribution is -2.39. The van der Waals surface area contributed by atoms with Gasteiger partial charge in [0, 0.05) is 30.0 Å². The molecule has 2 aliphatic rings. The van der Waals surface area contributed by atoms with E-state index in [1.165, 1.54) is 34.5 Å². The lowest BCUT2D eigenvalue weighted by atomic mass is 10.1. The van der Waals surface area contributed by atoms with Crippen molar-refractivity contribution < 1.29 is 4.79 Å². The highest BCUT2D eigenvalue weighted by Crippen LogP contribution is 2.28. The molecule has 2 N–H and O–H groups in total. The van der Waals surface area contributed by atoms with Crippen LogP contribution >= 0.6 is 11.3 Å². The molecule has 0 spiro atoms. The van der Waals surface area contributed by atoms with Crippen LogP contribution in [-0.4, -0.2) is 23.5 Å². The summed E-state index contributed by atoms with van der Waals surface area (Å²) in [6, 6.07) is 6.16. The van der Waals surface area contributed by atoms with Crippen molar-refractivity contribution in [2.75, 3.05) is 11.9 Å². The topological polar surface area (TPSA) is 54.0 Å². The molecule has 120 valence electrons. The Kier molecular flexibility index (Phi) is 3.81. The summed E-state index contributed by atoms with van der Waals surface area (Å²) >= 11 is 1.82. The fourth-order valence-electron chi connectivity index (χ4n) is 3.42. The molecule has 1 aromatic heterocycles. The van der Waals surface area contributed by atoms with E-state index in [1.54, 1.807) is 0 Å². The standard InChI is InChI=1S/C18H21N3OS/c1-11-5-6-13-12(9-11)10-15(20-13)18(22)19-8-7-17-21-14-3-2-4-16(14)23-17/h5-6,9,15,20H,2-4,7-8,10H2,1H3,(H,19,22). The summed E-state index contributed by atoms with van der Waals surface area (Å²) in [6.45, 7) is 2.75. The highest BCUT2D eigenvalue weighted by Gasteiger charge is 2.26. The number of amides is 1. The number of carbonyl (C=O) groups excluding carboxylic acids is 1. The number of aryl methyl sites for hydroxylation is 3. The van der Waals surface area contributed by atoms with E-state index in [2.05, 4.69) is 40.7 Å². The Morgan fingerprint density at radius 2 is 2.35 bits per heavy atom. The molecule has 0 saturated carbocycles. The molecule has 0 bridgehead atoms. The normalized spacial score (nSPS) is 18.4. The lowest BCUT2D eigenvalue weighted by molar-refractivity contribution is -0.121. The highest BCUT2D eigenvalue weighted by molar-refractivity contribution is 7.11. The Morgan fingerprint density at radius 1 is 1.43 bits per heavy atom. The van der Waals surface area contributed by atoms with Crippen molar-refractivity contribution in [3.05, 3.63) is 44.9 Å². The monoisotopic (exact) mass is 327 g/mol. The van der Waals surface area contributed by atoms with E-state index >= 15 is 0 Å². The van der Waals surface area contributed by atoms with E-state index in [9.17, 15) is 4.79 Å². The van der Waals surface area contributed by atoms with Gasteiger partial charge in [0.1, 0.15) is 6.04 Å². The maximum atomic E-state index is 12.3. The van der Waals surface area contributed by atoms with Crippen LogP contribution in [0.3, 0.4) is 0 Å². The van der Waals surface area contributed by atoms with Crippen molar-refractivity contribution in [1.29, 1.82) is 0 Å². The first-order chi connectivity index (χ1) is 11.2. The number of carbonyl (C=O) groups is 1. The molecule has 2 heterocycles. The van der Waals surface area contributed by atoms with Crippen molar-refractivity contribution in [3.63, 3.8) is 0 Å². The zero-order valence-electron chi connectivity index (χ0n) is 13.3. The van der Waals surface area contributed by atoms with Gasteiger partial charge in [-0.25, -0.2) is 4.98 Å². The van der Waals surface area contributed by atoms with Crippen LogP contribution < -0.4 is 10.6 Å². The summed E-state index contributed by atoms with van der Waals surface area (Å²) in [4.78, 5) is 18.5. The third-order valence-corrected chi connectivity index (χ3v) is 5.83. The average molecular weight is 327 g/mol. The molecule has 5 heteroatoms. The van der Waals surface area contributed by atoms with Crippen LogP contribution in [0, 0.1) is 6.92 Å². The Balaban J connectivity index is 1.29. The van der Waals surface area contributed by atoms with Crippen LogP contribution in [0.15, 0.2) is 18.2 Å². The Labute approximate surface area is 140 Å². The van der Waals surface area contributed by atoms with Gasteiger partial charge in [-0.1, -0.05) is 17.7 Å². The fourth-order valence-corrected chi connectivity index (χ4v) is 4.57. The third-order valence-electron chi connectivity index (χ3n) is 4.61. The number of aromatic nitrogens is 1. The molecule has 0 fully saturated rings. The Hall–Kier alpha value is -1.88. The van der Waals surface area contributed by atoms with Crippen molar-refractivity contribution in [2.24, 2.45) is 0 Å². The summed E-state index contributed by atoms with van der Waals surface area (Å²) in [5.41, 5.74) is 4.86. The minimum absolute atomic E-state index is 0.0861. The zero-order chi connectivity index (χ0) is 15.8. The second-order valence-corrected chi connectivity index (χ2v) is 7.60. The number of benzene rings is 1. The molecule has 23 heavy (non-hydrogen) atoms. The van der Waals surface area contributed by atoms with Gasteiger partial charge in [-0.15, -0.1) is 11.3 Å². The van der Waals surface area contributed by atoms with E-state index in [4.69, 9.17) is 0 Å². The molecular formula is C18H21N3OS. The molecule has 0 radical (unpaired) electrons. The van der Waals surface area contributed by atoms with Gasteiger partial charge in [0.15, 0.2) is 0 Å². The quantitative estimate of drug-likeness (QED) is 0.908. The van der Waals surface area contributed by atoms with Gasteiger partial charge >= 0.3 is 0 Å². The number of hydrogen-bond donors (Lipinski definition) is 2. The number of nitrogens with one attached hydrogen (secondary N) is 2. The first-order valence-corrected chi connectivity index (χ1v) is 9.12. The number of rotatable bonds is 4. The number of thiazole rings is 1. The zero-order valence-corrected chi connectivity index (χ0v) is 14.1. The van der Waals surface area contributed by atoms with Gasteiger partial charge in [0.05, 0.1) is 10.7 Å². The fraction of sp³-hybridized carbons (Fsp3) is 0.444. The van der Waals surface area contributed by atoms with Crippen molar-refractivity contribution >= 4 is 22.9 Å². The van der Waals surface area contributed by atoms with E-state index in [0.717, 1.165) is 30.0 Å². The molecular weight excluding hydrogens is 306 g/mol. The molecule has 1 aromatic carbocycles. The molecule has 2 aromatic rings. The average Bonchev–Trinajstić information content (AvgIpc) is 3.19. The van der Waals surface area contributed by atoms with E-state index in [1.807, 2.05) is 11.3 Å². The number of hydrogen-bond acceptors (Lipinski definition) is 4. The van der Waals surface area contributed by atoms with Crippen LogP contribution in [0.2, 0.25) is 0 Å². The third kappa shape index (κ3) is 2.98. The van der Waals surface area contributed by atoms with Gasteiger partial charge in [-0.2, -0.15) is 0 Å². The minimum atomic E-state index is -0.145. The minimum Gasteiger partial charge on any atom is -0.373 e.